The molecule has 1 N–H and O–H groups in total. The predicted octanol–water partition coefficient (Wildman–Crippen LogP) is -0.315. The number of benzene rings is 1. The van der Waals surface area contributed by atoms with Crippen LogP contribution in [0.25, 0.3) is 0 Å². The molecule has 26 heavy (non-hydrogen) atoms. The van der Waals surface area contributed by atoms with Crippen molar-refractivity contribution < 1.29 is 39.5 Å². The molecule has 0 saturated heterocycles. The van der Waals surface area contributed by atoms with Crippen molar-refractivity contribution in [3.8, 4) is 0 Å². The van der Waals surface area contributed by atoms with E-state index in [1.54, 1.807) is 12.1 Å². The molecule has 1 aliphatic carbocycles. The van der Waals surface area contributed by atoms with Gasteiger partial charge in [-0.3, -0.25) is 4.98 Å². The van der Waals surface area contributed by atoms with Crippen LogP contribution < -0.4 is 40.0 Å². The van der Waals surface area contributed by atoms with E-state index in [-0.39, 0.29) is 35.1 Å². The van der Waals surface area contributed by atoms with Crippen LogP contribution in [-0.4, -0.2) is 17.5 Å². The van der Waals surface area contributed by atoms with E-state index < -0.39 is 5.97 Å². The van der Waals surface area contributed by atoms with Gasteiger partial charge in [-0.1, -0.05) is 37.3 Å². The smallest absolute Gasteiger partial charge is 0.545 e. The van der Waals surface area contributed by atoms with Crippen LogP contribution in [0.2, 0.25) is 0 Å². The molecular weight excluding hydrogens is 335 g/mol. The number of nitrogens with one attached hydrogen (secondary N) is 1. The minimum Gasteiger partial charge on any atom is -0.545 e. The Morgan fingerprint density at radius 1 is 1.23 bits per heavy atom. The molecule has 0 radical (unpaired) electrons. The van der Waals surface area contributed by atoms with Crippen LogP contribution >= 0.6 is 0 Å². The second kappa shape index (κ2) is 10.2. The molecule has 1 atom stereocenters. The molecule has 0 aliphatic heterocycles. The number of aryl methyl sites for hydroxylation is 1. The maximum absolute atomic E-state index is 11.2. The second-order valence-electron chi connectivity index (χ2n) is 7.06. The van der Waals surface area contributed by atoms with Crippen molar-refractivity contribution in [3.63, 3.8) is 0 Å². The topological polar surface area (TPSA) is 65.0 Å². The normalized spacial score (nSPS) is 14.5. The zero-order chi connectivity index (χ0) is 17.6. The number of hydrogen-bond acceptors (Lipinski definition) is 4. The SMILES string of the molecule is CC(CCc1ccccc1)CNCc1ccc(C(=O)[O-])c(C2CC2)n1.[Na+]. The Kier molecular flexibility index (Phi) is 8.29. The molecule has 1 saturated carbocycles. The average molecular weight is 360 g/mol. The number of aromatic carboxylic acids is 1. The molecule has 0 bridgehead atoms. The molecule has 1 aliphatic rings. The molecule has 1 aromatic heterocycles. The average Bonchev–Trinajstić information content (AvgIpc) is 3.46. The van der Waals surface area contributed by atoms with Gasteiger partial charge in [-0.2, -0.15) is 0 Å². The first-order valence-electron chi connectivity index (χ1n) is 9.09. The summed E-state index contributed by atoms with van der Waals surface area (Å²) in [6.07, 6.45) is 4.29. The maximum atomic E-state index is 11.2. The van der Waals surface area contributed by atoms with Gasteiger partial charge in [0.05, 0.1) is 17.4 Å². The Morgan fingerprint density at radius 2 is 1.96 bits per heavy atom. The van der Waals surface area contributed by atoms with Crippen molar-refractivity contribution in [3.05, 3.63) is 65.0 Å². The number of carboxylic acid groups (broad SMARTS) is 1. The van der Waals surface area contributed by atoms with E-state index in [2.05, 4.69) is 41.5 Å². The van der Waals surface area contributed by atoms with Crippen molar-refractivity contribution in [2.45, 2.75) is 45.1 Å². The van der Waals surface area contributed by atoms with E-state index >= 15 is 0 Å². The standard InChI is InChI=1S/C21H26N2O2.Na/c1-15(7-8-16-5-3-2-4-6-16)13-22-14-18-11-12-19(21(24)25)20(23-18)17-9-10-17;/h2-6,11-12,15,17,22H,7-10,13-14H2,1H3,(H,24,25);/q;+1/p-1. The summed E-state index contributed by atoms with van der Waals surface area (Å²) < 4.78 is 0. The molecule has 0 spiro atoms. The van der Waals surface area contributed by atoms with Gasteiger partial charge in [0.15, 0.2) is 0 Å². The first-order chi connectivity index (χ1) is 12.1. The van der Waals surface area contributed by atoms with Gasteiger partial charge in [-0.05, 0) is 55.8 Å². The predicted molar refractivity (Wildman–Crippen MR) is 96.2 cm³/mol. The van der Waals surface area contributed by atoms with Crippen LogP contribution in [0.5, 0.6) is 0 Å². The summed E-state index contributed by atoms with van der Waals surface area (Å²) in [5, 5.41) is 14.6. The van der Waals surface area contributed by atoms with Gasteiger partial charge in [0.2, 0.25) is 0 Å². The third-order valence-corrected chi connectivity index (χ3v) is 4.73. The van der Waals surface area contributed by atoms with E-state index in [1.807, 2.05) is 6.07 Å². The van der Waals surface area contributed by atoms with Crippen LogP contribution in [0, 0.1) is 5.92 Å². The number of pyridine rings is 1. The fourth-order valence-electron chi connectivity index (χ4n) is 3.06. The molecule has 2 aromatic rings. The number of carboxylic acids is 1. The number of rotatable bonds is 9. The zero-order valence-electron chi connectivity index (χ0n) is 15.7. The quantitative estimate of drug-likeness (QED) is 0.623. The fraction of sp³-hybridized carbons (Fsp3) is 0.429. The molecule has 1 unspecified atom stereocenters. The van der Waals surface area contributed by atoms with Crippen molar-refractivity contribution in [1.82, 2.24) is 10.3 Å². The Bertz CT molecular complexity index is 717. The summed E-state index contributed by atoms with van der Waals surface area (Å²) in [6.45, 7) is 3.84. The number of carbonyl (C=O) groups excluding carboxylic acids is 1. The molecule has 132 valence electrons. The Labute approximate surface area is 177 Å². The van der Waals surface area contributed by atoms with Gasteiger partial charge in [0.1, 0.15) is 0 Å². The van der Waals surface area contributed by atoms with Crippen molar-refractivity contribution >= 4 is 5.97 Å². The second-order valence-corrected chi connectivity index (χ2v) is 7.06. The molecule has 1 fully saturated rings. The minimum atomic E-state index is -1.12. The first kappa shape index (κ1) is 21.1. The molecular formula is C21H25N2NaO2. The Balaban J connectivity index is 0.00000243. The Hall–Kier alpha value is -1.20. The summed E-state index contributed by atoms with van der Waals surface area (Å²) in [5.41, 5.74) is 3.24. The first-order valence-corrected chi connectivity index (χ1v) is 9.09. The monoisotopic (exact) mass is 360 g/mol. The van der Waals surface area contributed by atoms with E-state index in [1.165, 1.54) is 5.56 Å². The molecule has 4 nitrogen and oxygen atoms in total. The van der Waals surface area contributed by atoms with Crippen LogP contribution in [0.1, 0.15) is 59.4 Å². The maximum Gasteiger partial charge on any atom is 1.00 e. The number of carbonyl (C=O) groups is 1. The number of nitrogens with zero attached hydrogens (tertiary/aromatic N) is 1. The number of aromatic nitrogens is 1. The summed E-state index contributed by atoms with van der Waals surface area (Å²) in [6, 6.07) is 14.0. The van der Waals surface area contributed by atoms with Gasteiger partial charge in [-0.25, -0.2) is 0 Å². The van der Waals surface area contributed by atoms with E-state index in [9.17, 15) is 9.90 Å². The molecule has 1 aromatic carbocycles. The van der Waals surface area contributed by atoms with Crippen LogP contribution in [-0.2, 0) is 13.0 Å². The summed E-state index contributed by atoms with van der Waals surface area (Å²) in [5.74, 6) is -0.244. The summed E-state index contributed by atoms with van der Waals surface area (Å²) in [7, 11) is 0. The third kappa shape index (κ3) is 6.20. The van der Waals surface area contributed by atoms with Gasteiger partial charge < -0.3 is 15.2 Å². The summed E-state index contributed by atoms with van der Waals surface area (Å²) >= 11 is 0. The zero-order valence-corrected chi connectivity index (χ0v) is 17.7. The fourth-order valence-corrected chi connectivity index (χ4v) is 3.06. The number of hydrogen-bond donors (Lipinski definition) is 1. The van der Waals surface area contributed by atoms with Crippen molar-refractivity contribution in [2.24, 2.45) is 5.92 Å². The molecule has 0 amide bonds. The van der Waals surface area contributed by atoms with Crippen molar-refractivity contribution in [1.29, 1.82) is 0 Å². The van der Waals surface area contributed by atoms with Gasteiger partial charge >= 0.3 is 29.6 Å². The van der Waals surface area contributed by atoms with E-state index in [4.69, 9.17) is 0 Å². The Morgan fingerprint density at radius 3 is 2.62 bits per heavy atom. The molecule has 3 rings (SSSR count). The van der Waals surface area contributed by atoms with Gasteiger partial charge in [-0.15, -0.1) is 0 Å². The minimum absolute atomic E-state index is 0. The van der Waals surface area contributed by atoms with Crippen LogP contribution in [0.3, 0.4) is 0 Å². The van der Waals surface area contributed by atoms with Gasteiger partial charge in [0, 0.05) is 18.0 Å². The summed E-state index contributed by atoms with van der Waals surface area (Å²) in [4.78, 5) is 15.8. The van der Waals surface area contributed by atoms with E-state index in [0.717, 1.165) is 37.9 Å². The van der Waals surface area contributed by atoms with E-state index in [0.29, 0.717) is 24.1 Å². The molecule has 5 heteroatoms. The largest absolute Gasteiger partial charge is 1.00 e. The van der Waals surface area contributed by atoms with Crippen LogP contribution in [0.15, 0.2) is 42.5 Å². The molecule has 1 heterocycles. The third-order valence-electron chi connectivity index (χ3n) is 4.73. The van der Waals surface area contributed by atoms with Gasteiger partial charge in [0.25, 0.3) is 0 Å². The van der Waals surface area contributed by atoms with Crippen molar-refractivity contribution in [2.75, 3.05) is 6.54 Å². The van der Waals surface area contributed by atoms with Crippen LogP contribution in [0.4, 0.5) is 0 Å².